The van der Waals surface area contributed by atoms with Gasteiger partial charge in [-0.1, -0.05) is 11.6 Å². The predicted octanol–water partition coefficient (Wildman–Crippen LogP) is -1.60. The van der Waals surface area contributed by atoms with Gasteiger partial charge in [-0.05, 0) is 19.1 Å². The highest BCUT2D eigenvalue weighted by atomic mass is 32.2. The van der Waals surface area contributed by atoms with Gasteiger partial charge >= 0.3 is 5.97 Å². The number of hydrogen-bond acceptors (Lipinski definition) is 5. The number of rotatable bonds is 6. The van der Waals surface area contributed by atoms with E-state index in [2.05, 4.69) is 19.1 Å². The molecule has 8 heteroatoms. The zero-order valence-corrected chi connectivity index (χ0v) is 18.5. The van der Waals surface area contributed by atoms with Crippen LogP contribution < -0.4 is 14.5 Å². The van der Waals surface area contributed by atoms with Gasteiger partial charge in [0.2, 0.25) is 0 Å². The van der Waals surface area contributed by atoms with Crippen LogP contribution in [0.25, 0.3) is 0 Å². The Bertz CT molecular complexity index is 722. The molecule has 2 saturated heterocycles. The number of nitrogens with one attached hydrogen (secondary N) is 2. The number of carbonyl (C=O) groups is 2. The summed E-state index contributed by atoms with van der Waals surface area (Å²) in [6.07, 6.45) is 0. The van der Waals surface area contributed by atoms with E-state index in [0.29, 0.717) is 13.1 Å². The van der Waals surface area contributed by atoms with Gasteiger partial charge in [0.05, 0.1) is 14.2 Å². The normalized spacial score (nSPS) is 24.8. The molecule has 2 aliphatic rings. The molecule has 2 fully saturated rings. The number of benzene rings is 1. The fourth-order valence-electron chi connectivity index (χ4n) is 4.10. The fraction of sp³-hybridized carbons (Fsp3) is 0.619. The van der Waals surface area contributed by atoms with Gasteiger partial charge in [-0.25, -0.2) is 0 Å². The zero-order valence-electron chi connectivity index (χ0n) is 17.7. The molecule has 1 aromatic rings. The first-order chi connectivity index (χ1) is 14.0. The molecule has 1 aromatic carbocycles. The summed E-state index contributed by atoms with van der Waals surface area (Å²) in [7, 11) is 3.13. The second kappa shape index (κ2) is 10.3. The lowest BCUT2D eigenvalue weighted by Crippen LogP contribution is -3.28. The van der Waals surface area contributed by atoms with E-state index in [1.54, 1.807) is 18.9 Å². The Morgan fingerprint density at radius 1 is 1.17 bits per heavy atom. The standard InChI is InChI=1S/C21H31N3O4S/c1-16-4-5-18(27-2)17(12-16)13-22-6-8-23(9-7-22)15-20(25)24-10-11-29-19(14-24)21(26)28-3/h4-5,12,19H,6-11,13-15H2,1-3H3/p+2/t19-/m1/s1. The molecule has 1 atom stereocenters. The lowest BCUT2D eigenvalue weighted by Gasteiger charge is -2.33. The van der Waals surface area contributed by atoms with E-state index < -0.39 is 0 Å². The van der Waals surface area contributed by atoms with E-state index in [1.165, 1.54) is 28.0 Å². The summed E-state index contributed by atoms with van der Waals surface area (Å²) in [5, 5.41) is -0.252. The van der Waals surface area contributed by atoms with Crippen LogP contribution in [0.4, 0.5) is 0 Å². The minimum atomic E-state index is -0.252. The first-order valence-corrected chi connectivity index (χ1v) is 11.3. The van der Waals surface area contributed by atoms with Crippen LogP contribution in [0, 0.1) is 6.92 Å². The predicted molar refractivity (Wildman–Crippen MR) is 113 cm³/mol. The quantitative estimate of drug-likeness (QED) is 0.540. The Kier molecular flexibility index (Phi) is 7.80. The Balaban J connectivity index is 1.47. The van der Waals surface area contributed by atoms with E-state index in [1.807, 2.05) is 11.0 Å². The Morgan fingerprint density at radius 3 is 2.59 bits per heavy atom. The minimum absolute atomic E-state index is 0.151. The van der Waals surface area contributed by atoms with E-state index in [9.17, 15) is 9.59 Å². The van der Waals surface area contributed by atoms with Gasteiger partial charge in [0.1, 0.15) is 43.7 Å². The van der Waals surface area contributed by atoms with Gasteiger partial charge in [-0.2, -0.15) is 0 Å². The van der Waals surface area contributed by atoms with E-state index in [-0.39, 0.29) is 17.1 Å². The molecule has 0 spiro atoms. The summed E-state index contributed by atoms with van der Waals surface area (Å²) in [4.78, 5) is 29.2. The van der Waals surface area contributed by atoms with Crippen molar-refractivity contribution in [1.29, 1.82) is 0 Å². The molecule has 0 unspecified atom stereocenters. The molecule has 2 heterocycles. The van der Waals surface area contributed by atoms with Gasteiger partial charge < -0.3 is 24.2 Å². The molecule has 3 rings (SSSR count). The zero-order chi connectivity index (χ0) is 20.8. The number of ether oxygens (including phenoxy) is 2. The largest absolute Gasteiger partial charge is 0.496 e. The Labute approximate surface area is 177 Å². The molecule has 0 saturated carbocycles. The maximum Gasteiger partial charge on any atom is 0.320 e. The second-order valence-electron chi connectivity index (χ2n) is 7.89. The smallest absolute Gasteiger partial charge is 0.320 e. The van der Waals surface area contributed by atoms with Crippen LogP contribution in [-0.2, 0) is 20.9 Å². The van der Waals surface area contributed by atoms with Gasteiger partial charge in [0.15, 0.2) is 6.54 Å². The van der Waals surface area contributed by atoms with E-state index in [0.717, 1.165) is 50.8 Å². The molecule has 0 bridgehead atoms. The molecule has 2 aliphatic heterocycles. The number of carbonyl (C=O) groups excluding carboxylic acids is 2. The van der Waals surface area contributed by atoms with Crippen molar-refractivity contribution in [3.05, 3.63) is 29.3 Å². The molecule has 0 aromatic heterocycles. The average Bonchev–Trinajstić information content (AvgIpc) is 2.75. The lowest BCUT2D eigenvalue weighted by molar-refractivity contribution is -1.02. The number of esters is 1. The highest BCUT2D eigenvalue weighted by Crippen LogP contribution is 2.20. The second-order valence-corrected chi connectivity index (χ2v) is 9.20. The maximum absolute atomic E-state index is 12.7. The molecule has 0 aliphatic carbocycles. The van der Waals surface area contributed by atoms with Crippen LogP contribution in [0.1, 0.15) is 11.1 Å². The summed E-state index contributed by atoms with van der Waals surface area (Å²) in [6, 6.07) is 6.33. The average molecular weight is 424 g/mol. The summed E-state index contributed by atoms with van der Waals surface area (Å²) in [6.45, 7) is 8.81. The number of methoxy groups -OCH3 is 2. The summed E-state index contributed by atoms with van der Waals surface area (Å²) >= 11 is 1.58. The van der Waals surface area contributed by atoms with E-state index in [4.69, 9.17) is 9.47 Å². The first kappa shape index (κ1) is 21.9. The first-order valence-electron chi connectivity index (χ1n) is 10.3. The van der Waals surface area contributed by atoms with Gasteiger partial charge in [-0.15, -0.1) is 11.8 Å². The van der Waals surface area contributed by atoms with Crippen LogP contribution >= 0.6 is 11.8 Å². The minimum Gasteiger partial charge on any atom is -0.496 e. The number of quaternary nitrogens is 2. The summed E-state index contributed by atoms with van der Waals surface area (Å²) in [5.41, 5.74) is 2.50. The van der Waals surface area contributed by atoms with Crippen LogP contribution in [0.3, 0.4) is 0 Å². The van der Waals surface area contributed by atoms with Crippen molar-refractivity contribution < 1.29 is 28.9 Å². The Morgan fingerprint density at radius 2 is 1.90 bits per heavy atom. The molecule has 7 nitrogen and oxygen atoms in total. The third-order valence-corrected chi connectivity index (χ3v) is 6.99. The SMILES string of the molecule is COC(=O)[C@H]1CN(C(=O)C[NH+]2CC[NH+](Cc3cc(C)ccc3OC)CC2)CCS1. The van der Waals surface area contributed by atoms with Crippen molar-refractivity contribution in [3.8, 4) is 5.75 Å². The molecule has 29 heavy (non-hydrogen) atoms. The van der Waals surface area contributed by atoms with Crippen molar-refractivity contribution in [3.63, 3.8) is 0 Å². The number of hydrogen-bond donors (Lipinski definition) is 2. The van der Waals surface area contributed by atoms with Crippen molar-refractivity contribution in [1.82, 2.24) is 4.90 Å². The number of piperazine rings is 1. The number of thioether (sulfide) groups is 1. The van der Waals surface area contributed by atoms with Crippen LogP contribution in [-0.4, -0.2) is 87.8 Å². The fourth-order valence-corrected chi connectivity index (χ4v) is 5.23. The highest BCUT2D eigenvalue weighted by molar-refractivity contribution is 8.00. The van der Waals surface area contributed by atoms with Crippen molar-refractivity contribution in [2.24, 2.45) is 0 Å². The molecular formula is C21H33N3O4S+2. The van der Waals surface area contributed by atoms with Crippen molar-refractivity contribution >= 4 is 23.6 Å². The summed E-state index contributed by atoms with van der Waals surface area (Å²) < 4.78 is 10.4. The number of nitrogens with zero attached hydrogens (tertiary/aromatic N) is 1. The lowest BCUT2D eigenvalue weighted by atomic mass is 10.1. The highest BCUT2D eigenvalue weighted by Gasteiger charge is 2.32. The maximum atomic E-state index is 12.7. The van der Waals surface area contributed by atoms with Gasteiger partial charge in [-0.3, -0.25) is 9.59 Å². The third-order valence-electron chi connectivity index (χ3n) is 5.83. The van der Waals surface area contributed by atoms with Crippen LogP contribution in [0.2, 0.25) is 0 Å². The summed E-state index contributed by atoms with van der Waals surface area (Å²) in [5.74, 6) is 1.66. The van der Waals surface area contributed by atoms with E-state index >= 15 is 0 Å². The van der Waals surface area contributed by atoms with Crippen LogP contribution in [0.5, 0.6) is 5.75 Å². The van der Waals surface area contributed by atoms with Gasteiger partial charge in [0.25, 0.3) is 5.91 Å². The molecular weight excluding hydrogens is 390 g/mol. The van der Waals surface area contributed by atoms with Crippen LogP contribution in [0.15, 0.2) is 18.2 Å². The topological polar surface area (TPSA) is 64.7 Å². The Hall–Kier alpha value is -1.77. The van der Waals surface area contributed by atoms with Gasteiger partial charge in [0, 0.05) is 24.4 Å². The number of amides is 1. The molecule has 160 valence electrons. The molecule has 1 amide bonds. The molecule has 0 radical (unpaired) electrons. The number of aryl methyl sites for hydroxylation is 1. The molecule has 2 N–H and O–H groups in total. The third kappa shape index (κ3) is 5.87. The van der Waals surface area contributed by atoms with Crippen molar-refractivity contribution in [2.75, 3.05) is 65.8 Å². The monoisotopic (exact) mass is 423 g/mol. The van der Waals surface area contributed by atoms with Crippen molar-refractivity contribution in [2.45, 2.75) is 18.7 Å².